The standard InChI is InChI=1S/C19H20BrN5O2/c1-11-15(12(2)25-19(24-11)16(10-23-25)18(21)27)6-7-17(26)22-9-13-4-3-5-14(20)8-13/h3-5,8,10H,6-7,9H2,1-2H3,(H2,21,27)(H,22,26). The highest BCUT2D eigenvalue weighted by molar-refractivity contribution is 9.10. The van der Waals surface area contributed by atoms with E-state index in [0.717, 1.165) is 27.0 Å². The summed E-state index contributed by atoms with van der Waals surface area (Å²) in [4.78, 5) is 28.2. The fourth-order valence-corrected chi connectivity index (χ4v) is 3.47. The van der Waals surface area contributed by atoms with Crippen molar-refractivity contribution in [3.63, 3.8) is 0 Å². The molecule has 0 aliphatic heterocycles. The predicted octanol–water partition coefficient (Wildman–Crippen LogP) is 2.46. The number of aryl methyl sites for hydroxylation is 2. The first-order valence-corrected chi connectivity index (χ1v) is 9.31. The third-order valence-electron chi connectivity index (χ3n) is 4.45. The molecule has 0 bridgehead atoms. The predicted molar refractivity (Wildman–Crippen MR) is 105 cm³/mol. The molecule has 0 aliphatic rings. The highest BCUT2D eigenvalue weighted by Gasteiger charge is 2.17. The van der Waals surface area contributed by atoms with Crippen molar-refractivity contribution in [3.8, 4) is 0 Å². The monoisotopic (exact) mass is 429 g/mol. The van der Waals surface area contributed by atoms with Gasteiger partial charge in [-0.2, -0.15) is 5.10 Å². The molecular formula is C19H20BrN5O2. The van der Waals surface area contributed by atoms with Crippen LogP contribution >= 0.6 is 15.9 Å². The molecule has 0 fully saturated rings. The molecule has 2 heterocycles. The summed E-state index contributed by atoms with van der Waals surface area (Å²) in [5.41, 5.74) is 9.69. The number of hydrogen-bond acceptors (Lipinski definition) is 4. The minimum absolute atomic E-state index is 0.0350. The van der Waals surface area contributed by atoms with Crippen molar-refractivity contribution >= 4 is 33.4 Å². The molecule has 7 nitrogen and oxygen atoms in total. The van der Waals surface area contributed by atoms with Gasteiger partial charge in [-0.3, -0.25) is 9.59 Å². The number of halogens is 1. The molecule has 3 rings (SSSR count). The van der Waals surface area contributed by atoms with Crippen molar-refractivity contribution in [2.75, 3.05) is 0 Å². The van der Waals surface area contributed by atoms with Crippen molar-refractivity contribution in [1.29, 1.82) is 0 Å². The zero-order valence-electron chi connectivity index (χ0n) is 15.1. The van der Waals surface area contributed by atoms with E-state index in [0.29, 0.717) is 30.6 Å². The molecule has 0 radical (unpaired) electrons. The molecule has 0 atom stereocenters. The molecular weight excluding hydrogens is 410 g/mol. The van der Waals surface area contributed by atoms with E-state index >= 15 is 0 Å². The van der Waals surface area contributed by atoms with Gasteiger partial charge in [-0.25, -0.2) is 9.50 Å². The van der Waals surface area contributed by atoms with E-state index in [4.69, 9.17) is 5.73 Å². The maximum Gasteiger partial charge on any atom is 0.254 e. The van der Waals surface area contributed by atoms with Gasteiger partial charge in [-0.15, -0.1) is 0 Å². The van der Waals surface area contributed by atoms with Gasteiger partial charge in [0.2, 0.25) is 5.91 Å². The maximum absolute atomic E-state index is 12.2. The fourth-order valence-electron chi connectivity index (χ4n) is 3.02. The lowest BCUT2D eigenvalue weighted by atomic mass is 10.1. The molecule has 1 aromatic carbocycles. The SMILES string of the molecule is Cc1nc2c(C(N)=O)cnn2c(C)c1CCC(=O)NCc1cccc(Br)c1. The maximum atomic E-state index is 12.2. The second-order valence-corrected chi connectivity index (χ2v) is 7.24. The Hall–Kier alpha value is -2.74. The molecule has 0 saturated carbocycles. The Bertz CT molecular complexity index is 1030. The van der Waals surface area contributed by atoms with Crippen molar-refractivity contribution in [3.05, 3.63) is 63.0 Å². The molecule has 0 spiro atoms. The number of carbonyl (C=O) groups is 2. The minimum atomic E-state index is -0.559. The summed E-state index contributed by atoms with van der Waals surface area (Å²) in [7, 11) is 0. The fraction of sp³-hybridized carbons (Fsp3) is 0.263. The van der Waals surface area contributed by atoms with Crippen LogP contribution < -0.4 is 11.1 Å². The Kier molecular flexibility index (Phi) is 5.55. The Morgan fingerprint density at radius 1 is 1.30 bits per heavy atom. The topological polar surface area (TPSA) is 102 Å². The number of rotatable bonds is 6. The molecule has 140 valence electrons. The van der Waals surface area contributed by atoms with Crippen LogP contribution in [0, 0.1) is 13.8 Å². The lowest BCUT2D eigenvalue weighted by molar-refractivity contribution is -0.121. The summed E-state index contributed by atoms with van der Waals surface area (Å²) in [5.74, 6) is -0.594. The summed E-state index contributed by atoms with van der Waals surface area (Å²) >= 11 is 3.42. The Morgan fingerprint density at radius 2 is 2.07 bits per heavy atom. The van der Waals surface area contributed by atoms with Gasteiger partial charge in [0, 0.05) is 28.8 Å². The third-order valence-corrected chi connectivity index (χ3v) is 4.95. The number of fused-ring (bicyclic) bond motifs is 1. The van der Waals surface area contributed by atoms with Gasteiger partial charge >= 0.3 is 0 Å². The van der Waals surface area contributed by atoms with Crippen molar-refractivity contribution in [1.82, 2.24) is 19.9 Å². The lowest BCUT2D eigenvalue weighted by Crippen LogP contribution is -2.23. The first kappa shape index (κ1) is 19.0. The van der Waals surface area contributed by atoms with Crippen LogP contribution in [0.2, 0.25) is 0 Å². The van der Waals surface area contributed by atoms with Crippen LogP contribution in [0.1, 0.15) is 39.3 Å². The van der Waals surface area contributed by atoms with Gasteiger partial charge < -0.3 is 11.1 Å². The molecule has 8 heteroatoms. The lowest BCUT2D eigenvalue weighted by Gasteiger charge is -2.11. The smallest absolute Gasteiger partial charge is 0.254 e. The second kappa shape index (κ2) is 7.87. The average Bonchev–Trinajstić information content (AvgIpc) is 3.04. The van der Waals surface area contributed by atoms with Crippen LogP contribution in [-0.2, 0) is 17.8 Å². The average molecular weight is 430 g/mol. The molecule has 3 aromatic rings. The third kappa shape index (κ3) is 4.16. The summed E-state index contributed by atoms with van der Waals surface area (Å²) in [5, 5.41) is 7.13. The second-order valence-electron chi connectivity index (χ2n) is 6.33. The van der Waals surface area contributed by atoms with Crippen molar-refractivity contribution in [2.24, 2.45) is 5.73 Å². The Labute approximate surface area is 165 Å². The molecule has 27 heavy (non-hydrogen) atoms. The van der Waals surface area contributed by atoms with Crippen LogP contribution in [0.4, 0.5) is 0 Å². The summed E-state index contributed by atoms with van der Waals surface area (Å²) in [6.07, 6.45) is 2.30. The van der Waals surface area contributed by atoms with Gasteiger partial charge in [-0.05, 0) is 43.5 Å². The summed E-state index contributed by atoms with van der Waals surface area (Å²) < 4.78 is 2.58. The Balaban J connectivity index is 1.69. The van der Waals surface area contributed by atoms with E-state index in [9.17, 15) is 9.59 Å². The number of amides is 2. The van der Waals surface area contributed by atoms with E-state index in [1.807, 2.05) is 38.1 Å². The van der Waals surface area contributed by atoms with Gasteiger partial charge in [0.05, 0.1) is 6.20 Å². The number of carbonyl (C=O) groups excluding carboxylic acids is 2. The first-order chi connectivity index (χ1) is 12.9. The number of nitrogens with two attached hydrogens (primary N) is 1. The number of primary amides is 1. The van der Waals surface area contributed by atoms with Crippen LogP contribution in [0.5, 0.6) is 0 Å². The van der Waals surface area contributed by atoms with Crippen LogP contribution in [0.15, 0.2) is 34.9 Å². The van der Waals surface area contributed by atoms with E-state index in [1.54, 1.807) is 4.52 Å². The molecule has 3 N–H and O–H groups in total. The van der Waals surface area contributed by atoms with Gasteiger partial charge in [0.25, 0.3) is 5.91 Å². The van der Waals surface area contributed by atoms with Crippen LogP contribution in [0.3, 0.4) is 0 Å². The van der Waals surface area contributed by atoms with Crippen LogP contribution in [-0.4, -0.2) is 26.4 Å². The zero-order valence-corrected chi connectivity index (χ0v) is 16.7. The molecule has 0 aliphatic carbocycles. The molecule has 2 aromatic heterocycles. The van der Waals surface area contributed by atoms with E-state index < -0.39 is 5.91 Å². The number of nitrogens with zero attached hydrogens (tertiary/aromatic N) is 3. The molecule has 0 saturated heterocycles. The zero-order chi connectivity index (χ0) is 19.6. The van der Waals surface area contributed by atoms with E-state index in [-0.39, 0.29) is 5.91 Å². The van der Waals surface area contributed by atoms with Gasteiger partial charge in [0.15, 0.2) is 5.65 Å². The number of aromatic nitrogens is 3. The van der Waals surface area contributed by atoms with Gasteiger partial charge in [0.1, 0.15) is 5.56 Å². The van der Waals surface area contributed by atoms with E-state index in [2.05, 4.69) is 31.3 Å². The van der Waals surface area contributed by atoms with Crippen molar-refractivity contribution in [2.45, 2.75) is 33.2 Å². The normalized spacial score (nSPS) is 10.9. The minimum Gasteiger partial charge on any atom is -0.365 e. The number of hydrogen-bond donors (Lipinski definition) is 2. The largest absolute Gasteiger partial charge is 0.365 e. The first-order valence-electron chi connectivity index (χ1n) is 8.51. The highest BCUT2D eigenvalue weighted by Crippen LogP contribution is 2.18. The molecule has 2 amide bonds. The van der Waals surface area contributed by atoms with Gasteiger partial charge in [-0.1, -0.05) is 28.1 Å². The summed E-state index contributed by atoms with van der Waals surface area (Å²) in [6.45, 7) is 4.24. The highest BCUT2D eigenvalue weighted by atomic mass is 79.9. The quantitative estimate of drug-likeness (QED) is 0.627. The van der Waals surface area contributed by atoms with E-state index in [1.165, 1.54) is 6.20 Å². The number of benzene rings is 1. The van der Waals surface area contributed by atoms with Crippen LogP contribution in [0.25, 0.3) is 5.65 Å². The van der Waals surface area contributed by atoms with Crippen molar-refractivity contribution < 1.29 is 9.59 Å². The molecule has 0 unspecified atom stereocenters. The Morgan fingerprint density at radius 3 is 2.78 bits per heavy atom. The summed E-state index contributed by atoms with van der Waals surface area (Å²) in [6, 6.07) is 7.81. The number of nitrogens with one attached hydrogen (secondary N) is 1.